The van der Waals surface area contributed by atoms with Gasteiger partial charge < -0.3 is 25.4 Å². The van der Waals surface area contributed by atoms with E-state index < -0.39 is 17.9 Å². The summed E-state index contributed by atoms with van der Waals surface area (Å²) < 4.78 is 26.3. The number of likely N-dealkylation sites (tertiary alicyclic amines) is 1. The number of benzene rings is 1. The molecule has 11 heteroatoms. The Bertz CT molecular complexity index is 1340. The van der Waals surface area contributed by atoms with E-state index in [1.54, 1.807) is 33.0 Å². The lowest BCUT2D eigenvalue weighted by atomic mass is 10.0. The molecule has 0 radical (unpaired) electrons. The first-order chi connectivity index (χ1) is 18.1. The summed E-state index contributed by atoms with van der Waals surface area (Å²) in [6, 6.07) is 5.22. The fourth-order valence-electron chi connectivity index (χ4n) is 4.89. The maximum absolute atomic E-state index is 14.5. The molecule has 3 heterocycles. The van der Waals surface area contributed by atoms with Crippen LogP contribution in [-0.2, 0) is 17.6 Å². The fraction of sp³-hybridized carbons (Fsp3) is 0.481. The summed E-state index contributed by atoms with van der Waals surface area (Å²) in [4.78, 5) is 28.3. The number of nitrogens with one attached hydrogen (secondary N) is 1. The van der Waals surface area contributed by atoms with Gasteiger partial charge >= 0.3 is 6.09 Å². The van der Waals surface area contributed by atoms with Crippen molar-refractivity contribution in [2.45, 2.75) is 71.2 Å². The number of piperidine rings is 1. The van der Waals surface area contributed by atoms with E-state index in [0.717, 1.165) is 51.7 Å². The minimum Gasteiger partial charge on any atom is -0.444 e. The van der Waals surface area contributed by atoms with Crippen molar-refractivity contribution in [1.82, 2.24) is 19.9 Å². The van der Waals surface area contributed by atoms with E-state index in [4.69, 9.17) is 15.2 Å². The third-order valence-electron chi connectivity index (χ3n) is 6.46. The van der Waals surface area contributed by atoms with E-state index >= 15 is 0 Å². The van der Waals surface area contributed by atoms with Crippen molar-refractivity contribution in [3.8, 4) is 22.2 Å². The first-order valence-corrected chi connectivity index (χ1v) is 13.6. The second-order valence-electron chi connectivity index (χ2n) is 10.8. The summed E-state index contributed by atoms with van der Waals surface area (Å²) in [6.45, 7) is 7.58. The van der Waals surface area contributed by atoms with Crippen LogP contribution in [0.4, 0.5) is 20.8 Å². The quantitative estimate of drug-likeness (QED) is 0.406. The molecule has 202 valence electrons. The third-order valence-corrected chi connectivity index (χ3v) is 7.43. The highest BCUT2D eigenvalue weighted by Gasteiger charge is 2.33. The van der Waals surface area contributed by atoms with Gasteiger partial charge in [0.2, 0.25) is 11.8 Å². The number of hydrogen-bond acceptors (Lipinski definition) is 9. The van der Waals surface area contributed by atoms with Crippen LogP contribution in [-0.4, -0.2) is 56.8 Å². The van der Waals surface area contributed by atoms with Crippen molar-refractivity contribution in [3.05, 3.63) is 40.5 Å². The van der Waals surface area contributed by atoms with Gasteiger partial charge in [0, 0.05) is 36.5 Å². The molecular weight excluding hydrogens is 507 g/mol. The molecule has 1 amide bonds. The van der Waals surface area contributed by atoms with Crippen molar-refractivity contribution in [1.29, 1.82) is 0 Å². The van der Waals surface area contributed by atoms with Crippen LogP contribution < -0.4 is 15.8 Å². The van der Waals surface area contributed by atoms with Crippen molar-refractivity contribution < 1.29 is 18.7 Å². The number of nitrogens with zero attached hydrogens (tertiary/aromatic N) is 4. The van der Waals surface area contributed by atoms with Crippen molar-refractivity contribution in [2.75, 3.05) is 24.1 Å². The van der Waals surface area contributed by atoms with Crippen molar-refractivity contribution >= 4 is 29.1 Å². The zero-order valence-electron chi connectivity index (χ0n) is 22.1. The van der Waals surface area contributed by atoms with Gasteiger partial charge in [-0.05, 0) is 70.7 Å². The number of carbonyl (C=O) groups is 1. The van der Waals surface area contributed by atoms with Gasteiger partial charge in [-0.3, -0.25) is 0 Å². The summed E-state index contributed by atoms with van der Waals surface area (Å²) in [5.41, 5.74) is 9.26. The number of rotatable bonds is 5. The molecule has 2 aromatic heterocycles. The zero-order valence-corrected chi connectivity index (χ0v) is 22.9. The SMILES string of the molecule is Cc1nc(Oc2ccc(N)c3c2CCC3)c(-c2ccnc(N[C@H]3C[C@H](F)CN(C(=O)OC(C)(C)C)C3)n2)s1. The number of nitrogen functional groups attached to an aromatic ring is 1. The number of aryl methyl sites for hydroxylation is 1. The summed E-state index contributed by atoms with van der Waals surface area (Å²) in [5.74, 6) is 1.59. The van der Waals surface area contributed by atoms with Crippen molar-refractivity contribution in [3.63, 3.8) is 0 Å². The van der Waals surface area contributed by atoms with Gasteiger partial charge in [-0.15, -0.1) is 11.3 Å². The molecule has 0 spiro atoms. The normalized spacial score (nSPS) is 19.2. The standard InChI is InChI=1S/C27H33FN6O3S/c1-15-31-24(36-22-9-8-20(29)18-6-5-7-19(18)22)23(38-15)21-10-11-30-25(33-21)32-17-12-16(28)13-34(14-17)26(35)37-27(2,3)4/h8-11,16-17H,5-7,12-14,29H2,1-4H3,(H,30,32,33)/t16-,17-/m0/s1. The number of anilines is 2. The van der Waals surface area contributed by atoms with Gasteiger partial charge in [0.1, 0.15) is 22.4 Å². The van der Waals surface area contributed by atoms with Gasteiger partial charge in [0.15, 0.2) is 0 Å². The van der Waals surface area contributed by atoms with E-state index in [-0.39, 0.29) is 19.0 Å². The predicted molar refractivity (Wildman–Crippen MR) is 146 cm³/mol. The van der Waals surface area contributed by atoms with Gasteiger partial charge in [0.25, 0.3) is 0 Å². The molecule has 0 unspecified atom stereocenters. The molecule has 1 aliphatic heterocycles. The average molecular weight is 541 g/mol. The number of fused-ring (bicyclic) bond motifs is 1. The van der Waals surface area contributed by atoms with Crippen LogP contribution in [0, 0.1) is 6.92 Å². The number of alkyl halides is 1. The lowest BCUT2D eigenvalue weighted by Gasteiger charge is -2.36. The van der Waals surface area contributed by atoms with Crippen LogP contribution in [0.25, 0.3) is 10.6 Å². The highest BCUT2D eigenvalue weighted by atomic mass is 32.1. The zero-order chi connectivity index (χ0) is 27.0. The third kappa shape index (κ3) is 5.82. The molecule has 38 heavy (non-hydrogen) atoms. The number of nitrogens with two attached hydrogens (primary N) is 1. The Balaban J connectivity index is 1.34. The van der Waals surface area contributed by atoms with Crippen LogP contribution in [0.15, 0.2) is 24.4 Å². The molecule has 3 aromatic rings. The van der Waals surface area contributed by atoms with Crippen LogP contribution in [0.1, 0.15) is 49.7 Å². The Labute approximate surface area is 225 Å². The smallest absolute Gasteiger partial charge is 0.410 e. The fourth-order valence-corrected chi connectivity index (χ4v) is 5.71. The lowest BCUT2D eigenvalue weighted by Crippen LogP contribution is -2.51. The molecule has 2 atom stereocenters. The van der Waals surface area contributed by atoms with E-state index in [9.17, 15) is 9.18 Å². The Morgan fingerprint density at radius 2 is 1.97 bits per heavy atom. The molecule has 3 N–H and O–H groups in total. The van der Waals surface area contributed by atoms with Gasteiger partial charge in [-0.25, -0.2) is 24.1 Å². The van der Waals surface area contributed by atoms with Crippen LogP contribution >= 0.6 is 11.3 Å². The molecule has 9 nitrogen and oxygen atoms in total. The topological polar surface area (TPSA) is 115 Å². The molecule has 5 rings (SSSR count). The van der Waals surface area contributed by atoms with Gasteiger partial charge in [0.05, 0.1) is 17.2 Å². The minimum atomic E-state index is -1.18. The molecule has 1 aromatic carbocycles. The van der Waals surface area contributed by atoms with Crippen molar-refractivity contribution in [2.24, 2.45) is 0 Å². The van der Waals surface area contributed by atoms with E-state index in [1.165, 1.54) is 16.2 Å². The average Bonchev–Trinajstić information content (AvgIpc) is 3.47. The van der Waals surface area contributed by atoms with E-state index in [0.29, 0.717) is 24.1 Å². The number of thiazole rings is 1. The van der Waals surface area contributed by atoms with E-state index in [2.05, 4.69) is 20.3 Å². The monoisotopic (exact) mass is 540 g/mol. The molecule has 1 fully saturated rings. The summed E-state index contributed by atoms with van der Waals surface area (Å²) in [7, 11) is 0. The second-order valence-corrected chi connectivity index (χ2v) is 12.0. The Hall–Kier alpha value is -3.47. The number of hydrogen-bond donors (Lipinski definition) is 2. The molecule has 1 aliphatic carbocycles. The molecule has 0 saturated carbocycles. The number of ether oxygens (including phenoxy) is 2. The predicted octanol–water partition coefficient (Wildman–Crippen LogP) is 5.53. The maximum atomic E-state index is 14.5. The van der Waals surface area contributed by atoms with Crippen LogP contribution in [0.5, 0.6) is 11.6 Å². The van der Waals surface area contributed by atoms with E-state index in [1.807, 2.05) is 19.1 Å². The minimum absolute atomic E-state index is 0.00364. The molecule has 2 aliphatic rings. The molecule has 1 saturated heterocycles. The Morgan fingerprint density at radius 3 is 2.76 bits per heavy atom. The highest BCUT2D eigenvalue weighted by Crippen LogP contribution is 2.41. The summed E-state index contributed by atoms with van der Waals surface area (Å²) in [6.07, 6.45) is 3.10. The summed E-state index contributed by atoms with van der Waals surface area (Å²) >= 11 is 1.48. The van der Waals surface area contributed by atoms with Crippen LogP contribution in [0.3, 0.4) is 0 Å². The number of aromatic nitrogens is 3. The summed E-state index contributed by atoms with van der Waals surface area (Å²) in [5, 5.41) is 4.05. The molecular formula is C27H33FN6O3S. The molecule has 0 bridgehead atoms. The Morgan fingerprint density at radius 1 is 1.18 bits per heavy atom. The second kappa shape index (κ2) is 10.4. The number of amides is 1. The number of carbonyl (C=O) groups excluding carboxylic acids is 1. The van der Waals surface area contributed by atoms with Gasteiger partial charge in [-0.2, -0.15) is 0 Å². The number of halogens is 1. The Kier molecular flexibility index (Phi) is 7.13. The first kappa shape index (κ1) is 26.1. The van der Waals surface area contributed by atoms with Crippen LogP contribution in [0.2, 0.25) is 0 Å². The largest absolute Gasteiger partial charge is 0.444 e. The maximum Gasteiger partial charge on any atom is 0.410 e. The highest BCUT2D eigenvalue weighted by molar-refractivity contribution is 7.15. The first-order valence-electron chi connectivity index (χ1n) is 12.8. The lowest BCUT2D eigenvalue weighted by molar-refractivity contribution is 0.0124. The van der Waals surface area contributed by atoms with Gasteiger partial charge in [-0.1, -0.05) is 0 Å².